The maximum atomic E-state index is 10.8. The fourth-order valence-corrected chi connectivity index (χ4v) is 2.44. The normalized spacial score (nSPS) is 15.9. The summed E-state index contributed by atoms with van der Waals surface area (Å²) in [5, 5.41) is 23.6. The highest BCUT2D eigenvalue weighted by Crippen LogP contribution is 2.14. The van der Waals surface area contributed by atoms with Gasteiger partial charge in [0.15, 0.2) is 5.96 Å². The van der Waals surface area contributed by atoms with Crippen LogP contribution in [0.5, 0.6) is 0 Å². The van der Waals surface area contributed by atoms with Gasteiger partial charge < -0.3 is 15.3 Å². The Kier molecular flexibility index (Phi) is 8.24. The van der Waals surface area contributed by atoms with Crippen molar-refractivity contribution in [3.05, 3.63) is 39.9 Å². The Labute approximate surface area is 153 Å². The molecular formula is C15H23IN4O3. The van der Waals surface area contributed by atoms with Crippen LogP contribution >= 0.6 is 24.0 Å². The Morgan fingerprint density at radius 3 is 2.78 bits per heavy atom. The molecule has 23 heavy (non-hydrogen) atoms. The van der Waals surface area contributed by atoms with E-state index in [0.29, 0.717) is 6.54 Å². The van der Waals surface area contributed by atoms with Crippen LogP contribution in [0.2, 0.25) is 0 Å². The van der Waals surface area contributed by atoms with Gasteiger partial charge in [-0.15, -0.1) is 24.0 Å². The number of nitro benzene ring substituents is 1. The number of aliphatic imine (C=N–C) groups is 1. The van der Waals surface area contributed by atoms with Crippen molar-refractivity contribution in [2.24, 2.45) is 4.99 Å². The number of benzene rings is 1. The first-order chi connectivity index (χ1) is 10.6. The first kappa shape index (κ1) is 19.6. The van der Waals surface area contributed by atoms with Crippen LogP contribution in [0.4, 0.5) is 5.69 Å². The number of piperidine rings is 1. The summed E-state index contributed by atoms with van der Waals surface area (Å²) in [5.41, 5.74) is 0.889. The molecule has 0 bridgehead atoms. The fraction of sp³-hybridized carbons (Fsp3) is 0.533. The van der Waals surface area contributed by atoms with Gasteiger partial charge in [0.2, 0.25) is 0 Å². The predicted octanol–water partition coefficient (Wildman–Crippen LogP) is 2.14. The average molecular weight is 434 g/mol. The lowest BCUT2D eigenvalue weighted by Crippen LogP contribution is -2.46. The molecule has 0 aliphatic carbocycles. The lowest BCUT2D eigenvalue weighted by Gasteiger charge is -2.32. The molecule has 0 radical (unpaired) electrons. The minimum atomic E-state index is -0.398. The number of nitrogens with one attached hydrogen (secondary N) is 1. The zero-order valence-corrected chi connectivity index (χ0v) is 15.5. The smallest absolute Gasteiger partial charge is 0.269 e. The second-order valence-electron chi connectivity index (χ2n) is 5.32. The molecule has 0 saturated carbocycles. The molecule has 1 fully saturated rings. The van der Waals surface area contributed by atoms with Crippen molar-refractivity contribution in [1.82, 2.24) is 10.2 Å². The fourth-order valence-electron chi connectivity index (χ4n) is 2.44. The number of aliphatic hydroxyl groups is 1. The Bertz CT molecular complexity index is 545. The maximum absolute atomic E-state index is 10.8. The van der Waals surface area contributed by atoms with Crippen molar-refractivity contribution in [1.29, 1.82) is 0 Å². The van der Waals surface area contributed by atoms with Gasteiger partial charge in [-0.2, -0.15) is 0 Å². The molecule has 0 atom stereocenters. The summed E-state index contributed by atoms with van der Waals surface area (Å²) in [4.78, 5) is 17.1. The minimum Gasteiger partial charge on any atom is -0.393 e. The highest BCUT2D eigenvalue weighted by molar-refractivity contribution is 14.0. The molecule has 1 aromatic rings. The van der Waals surface area contributed by atoms with E-state index >= 15 is 0 Å². The number of nitrogens with zero attached hydrogens (tertiary/aromatic N) is 3. The van der Waals surface area contributed by atoms with E-state index in [1.54, 1.807) is 12.1 Å². The van der Waals surface area contributed by atoms with E-state index in [1.165, 1.54) is 6.07 Å². The number of non-ortho nitro benzene ring substituents is 1. The summed E-state index contributed by atoms with van der Waals surface area (Å²) >= 11 is 0. The molecule has 1 heterocycles. The first-order valence-electron chi connectivity index (χ1n) is 7.54. The van der Waals surface area contributed by atoms with Crippen LogP contribution in [0.1, 0.15) is 25.3 Å². The minimum absolute atomic E-state index is 0. The third-order valence-electron chi connectivity index (χ3n) is 3.63. The topological polar surface area (TPSA) is 91.0 Å². The molecule has 7 nitrogen and oxygen atoms in total. The van der Waals surface area contributed by atoms with Crippen molar-refractivity contribution in [2.45, 2.75) is 32.4 Å². The number of aliphatic hydroxyl groups excluding tert-OH is 1. The third kappa shape index (κ3) is 5.94. The molecule has 8 heteroatoms. The quantitative estimate of drug-likeness (QED) is 0.249. The maximum Gasteiger partial charge on any atom is 0.269 e. The zero-order chi connectivity index (χ0) is 15.9. The number of nitro groups is 1. The number of hydrogen-bond acceptors (Lipinski definition) is 4. The highest BCUT2D eigenvalue weighted by atomic mass is 127. The monoisotopic (exact) mass is 434 g/mol. The lowest BCUT2D eigenvalue weighted by molar-refractivity contribution is -0.384. The van der Waals surface area contributed by atoms with E-state index in [2.05, 4.69) is 15.2 Å². The van der Waals surface area contributed by atoms with Gasteiger partial charge in [-0.3, -0.25) is 10.1 Å². The van der Waals surface area contributed by atoms with E-state index in [4.69, 9.17) is 0 Å². The number of halogens is 1. The van der Waals surface area contributed by atoms with Gasteiger partial charge in [-0.1, -0.05) is 12.1 Å². The average Bonchev–Trinajstić information content (AvgIpc) is 2.52. The van der Waals surface area contributed by atoms with Crippen molar-refractivity contribution in [2.75, 3.05) is 19.6 Å². The number of rotatable bonds is 4. The molecule has 0 amide bonds. The van der Waals surface area contributed by atoms with Crippen LogP contribution in [0.15, 0.2) is 29.3 Å². The summed E-state index contributed by atoms with van der Waals surface area (Å²) in [6, 6.07) is 6.53. The van der Waals surface area contributed by atoms with E-state index in [-0.39, 0.29) is 35.8 Å². The number of hydrogen-bond donors (Lipinski definition) is 2. The summed E-state index contributed by atoms with van der Waals surface area (Å²) in [5.74, 6) is 0.793. The van der Waals surface area contributed by atoms with Gasteiger partial charge in [0.05, 0.1) is 17.6 Å². The van der Waals surface area contributed by atoms with Gasteiger partial charge in [0, 0.05) is 31.8 Å². The van der Waals surface area contributed by atoms with Crippen LogP contribution in [-0.4, -0.2) is 46.6 Å². The van der Waals surface area contributed by atoms with Crippen molar-refractivity contribution in [3.63, 3.8) is 0 Å². The zero-order valence-electron chi connectivity index (χ0n) is 13.1. The van der Waals surface area contributed by atoms with E-state index in [9.17, 15) is 15.2 Å². The Morgan fingerprint density at radius 1 is 1.48 bits per heavy atom. The standard InChI is InChI=1S/C15H22N4O3.HI/c1-2-16-15(18-8-6-14(20)7-9-18)17-11-12-4-3-5-13(10-12)19(21)22;/h3-5,10,14,20H,2,6-9,11H2,1H3,(H,16,17);1H. The van der Waals surface area contributed by atoms with Crippen LogP contribution in [0, 0.1) is 10.1 Å². The van der Waals surface area contributed by atoms with Gasteiger partial charge in [0.25, 0.3) is 5.69 Å². The Morgan fingerprint density at radius 2 is 2.17 bits per heavy atom. The summed E-state index contributed by atoms with van der Waals surface area (Å²) in [6.07, 6.45) is 1.25. The highest BCUT2D eigenvalue weighted by Gasteiger charge is 2.19. The summed E-state index contributed by atoms with van der Waals surface area (Å²) in [7, 11) is 0. The molecular weight excluding hydrogens is 411 g/mol. The largest absolute Gasteiger partial charge is 0.393 e. The first-order valence-corrected chi connectivity index (χ1v) is 7.54. The van der Waals surface area contributed by atoms with E-state index < -0.39 is 4.92 Å². The predicted molar refractivity (Wildman–Crippen MR) is 100 cm³/mol. The molecule has 1 aliphatic rings. The van der Waals surface area contributed by atoms with Gasteiger partial charge in [-0.05, 0) is 25.3 Å². The van der Waals surface area contributed by atoms with Crippen LogP contribution in [0.25, 0.3) is 0 Å². The van der Waals surface area contributed by atoms with Crippen molar-refractivity contribution >= 4 is 35.6 Å². The molecule has 2 rings (SSSR count). The molecule has 1 aliphatic heterocycles. The number of likely N-dealkylation sites (tertiary alicyclic amines) is 1. The van der Waals surface area contributed by atoms with Crippen molar-refractivity contribution < 1.29 is 10.0 Å². The van der Waals surface area contributed by atoms with Crippen molar-refractivity contribution in [3.8, 4) is 0 Å². The van der Waals surface area contributed by atoms with Crippen LogP contribution < -0.4 is 5.32 Å². The second kappa shape index (κ2) is 9.66. The summed E-state index contributed by atoms with van der Waals surface area (Å²) in [6.45, 7) is 4.68. The Hall–Kier alpha value is -1.42. The number of guanidine groups is 1. The Balaban J connectivity index is 0.00000264. The summed E-state index contributed by atoms with van der Waals surface area (Å²) < 4.78 is 0. The van der Waals surface area contributed by atoms with Crippen LogP contribution in [0.3, 0.4) is 0 Å². The molecule has 0 spiro atoms. The van der Waals surface area contributed by atoms with E-state index in [0.717, 1.165) is 44.0 Å². The molecule has 2 N–H and O–H groups in total. The molecule has 1 aromatic carbocycles. The molecule has 128 valence electrons. The van der Waals surface area contributed by atoms with Gasteiger partial charge >= 0.3 is 0 Å². The molecule has 0 aromatic heterocycles. The van der Waals surface area contributed by atoms with E-state index in [1.807, 2.05) is 13.0 Å². The lowest BCUT2D eigenvalue weighted by atomic mass is 10.1. The molecule has 1 saturated heterocycles. The molecule has 0 unspecified atom stereocenters. The van der Waals surface area contributed by atoms with Crippen LogP contribution in [-0.2, 0) is 6.54 Å². The second-order valence-corrected chi connectivity index (χ2v) is 5.32. The van der Waals surface area contributed by atoms with Gasteiger partial charge in [0.1, 0.15) is 0 Å². The van der Waals surface area contributed by atoms with Gasteiger partial charge in [-0.25, -0.2) is 4.99 Å². The third-order valence-corrected chi connectivity index (χ3v) is 3.63. The SMILES string of the molecule is CCNC(=NCc1cccc([N+](=O)[O-])c1)N1CCC(O)CC1.I.